The third kappa shape index (κ3) is 7.73. The van der Waals surface area contributed by atoms with Gasteiger partial charge in [-0.25, -0.2) is 14.8 Å². The van der Waals surface area contributed by atoms with Crippen LogP contribution < -0.4 is 24.3 Å². The van der Waals surface area contributed by atoms with E-state index in [2.05, 4.69) is 31.2 Å². The number of ether oxygens (including phenoxy) is 5. The van der Waals surface area contributed by atoms with Gasteiger partial charge in [0.25, 0.3) is 0 Å². The van der Waals surface area contributed by atoms with Crippen LogP contribution >= 0.6 is 15.9 Å². The van der Waals surface area contributed by atoms with Crippen molar-refractivity contribution in [3.63, 3.8) is 0 Å². The normalized spacial score (nSPS) is 11.7. The number of hydrogen-bond acceptors (Lipinski definition) is 11. The Morgan fingerprint density at radius 3 is 2.60 bits per heavy atom. The van der Waals surface area contributed by atoms with Crippen molar-refractivity contribution in [1.29, 1.82) is 0 Å². The van der Waals surface area contributed by atoms with Crippen LogP contribution in [-0.2, 0) is 22.7 Å². The van der Waals surface area contributed by atoms with E-state index in [1.807, 2.05) is 36.4 Å². The van der Waals surface area contributed by atoms with Gasteiger partial charge in [-0.15, -0.1) is 0 Å². The lowest BCUT2D eigenvalue weighted by molar-refractivity contribution is -0.132. The molecule has 2 heterocycles. The summed E-state index contributed by atoms with van der Waals surface area (Å²) in [6, 6.07) is 14.6. The van der Waals surface area contributed by atoms with E-state index in [9.17, 15) is 14.7 Å². The number of aromatic nitrogens is 2. The Hall–Kier alpha value is -4.62. The van der Waals surface area contributed by atoms with Gasteiger partial charge >= 0.3 is 12.1 Å². The molecule has 1 aromatic heterocycles. The van der Waals surface area contributed by atoms with Crippen LogP contribution in [0.15, 0.2) is 59.3 Å². The van der Waals surface area contributed by atoms with Crippen LogP contribution in [-0.4, -0.2) is 59.1 Å². The molecule has 2 N–H and O–H groups in total. The molecule has 236 valence electrons. The number of unbranched alkanes of at least 4 members (excludes halogenated alkanes) is 2. The van der Waals surface area contributed by atoms with Gasteiger partial charge in [0.1, 0.15) is 18.8 Å². The number of fused-ring (bicyclic) bond motifs is 2. The highest BCUT2D eigenvalue weighted by atomic mass is 79.9. The molecule has 12 nitrogen and oxygen atoms in total. The zero-order valence-electron chi connectivity index (χ0n) is 24.9. The lowest BCUT2D eigenvalue weighted by atomic mass is 10.1. The van der Waals surface area contributed by atoms with Crippen LogP contribution in [0.2, 0.25) is 0 Å². The maximum Gasteiger partial charge on any atom is 0.410 e. The molecule has 0 atom stereocenters. The standard InChI is InChI=1S/C32H33BrN4O8/c1-20(39)45-27-14-23-25(15-26(27)41-2)34-18-35-31(23)36-28-22(13-24(33)29-30(28)44-19-43-29)16-37(11-7-4-8-12-38)32(40)42-17-21-9-5-3-6-10-21/h3,5-6,9-10,13-15,18,38H,4,7-8,11-12,16-17,19H2,1-2H3,(H,34,35,36). The number of esters is 1. The van der Waals surface area contributed by atoms with Crippen molar-refractivity contribution in [2.45, 2.75) is 39.3 Å². The summed E-state index contributed by atoms with van der Waals surface area (Å²) in [4.78, 5) is 35.7. The fourth-order valence-corrected chi connectivity index (χ4v) is 5.43. The molecule has 0 saturated heterocycles. The number of methoxy groups -OCH3 is 1. The number of carbonyl (C=O) groups excluding carboxylic acids is 2. The number of aliphatic hydroxyl groups excluding tert-OH is 1. The summed E-state index contributed by atoms with van der Waals surface area (Å²) in [5.74, 6) is 1.40. The summed E-state index contributed by atoms with van der Waals surface area (Å²) in [5.41, 5.74) is 2.65. The van der Waals surface area contributed by atoms with Gasteiger partial charge in [0.2, 0.25) is 6.79 Å². The molecule has 0 fully saturated rings. The zero-order chi connectivity index (χ0) is 31.8. The Bertz CT molecular complexity index is 1670. The zero-order valence-corrected chi connectivity index (χ0v) is 26.5. The molecule has 4 aromatic rings. The number of halogens is 1. The van der Waals surface area contributed by atoms with Gasteiger partial charge in [0, 0.05) is 37.1 Å². The Morgan fingerprint density at radius 2 is 1.84 bits per heavy atom. The third-order valence-corrected chi connectivity index (χ3v) is 7.60. The quantitative estimate of drug-likeness (QED) is 0.0961. The molecule has 5 rings (SSSR count). The fraction of sp³-hybridized carbons (Fsp3) is 0.312. The first-order chi connectivity index (χ1) is 21.9. The molecule has 45 heavy (non-hydrogen) atoms. The van der Waals surface area contributed by atoms with Crippen LogP contribution in [0.4, 0.5) is 16.3 Å². The van der Waals surface area contributed by atoms with E-state index in [-0.39, 0.29) is 32.3 Å². The van der Waals surface area contributed by atoms with Crippen molar-refractivity contribution in [2.24, 2.45) is 0 Å². The molecule has 3 aromatic carbocycles. The van der Waals surface area contributed by atoms with Crippen molar-refractivity contribution < 1.29 is 38.4 Å². The van der Waals surface area contributed by atoms with E-state index in [4.69, 9.17) is 23.7 Å². The average Bonchev–Trinajstić information content (AvgIpc) is 3.54. The summed E-state index contributed by atoms with van der Waals surface area (Å²) in [6.45, 7) is 2.10. The van der Waals surface area contributed by atoms with Gasteiger partial charge in [-0.05, 0) is 52.9 Å². The number of carbonyl (C=O) groups is 2. The molecule has 0 bridgehead atoms. The van der Waals surface area contributed by atoms with Crippen LogP contribution in [0, 0.1) is 0 Å². The SMILES string of the molecule is COc1cc2ncnc(Nc3c(CN(CCCCCO)C(=O)OCc4ccccc4)cc(Br)c4c3OCO4)c2cc1OC(C)=O. The first-order valence-corrected chi connectivity index (χ1v) is 15.1. The van der Waals surface area contributed by atoms with Crippen LogP contribution in [0.3, 0.4) is 0 Å². The van der Waals surface area contributed by atoms with E-state index >= 15 is 0 Å². The van der Waals surface area contributed by atoms with Crippen LogP contribution in [0.25, 0.3) is 10.9 Å². The molecule has 0 unspecified atom stereocenters. The van der Waals surface area contributed by atoms with Crippen LogP contribution in [0.1, 0.15) is 37.3 Å². The molecule has 1 amide bonds. The second-order valence-corrected chi connectivity index (χ2v) is 11.0. The van der Waals surface area contributed by atoms with Crippen molar-refractivity contribution in [2.75, 3.05) is 32.4 Å². The molecule has 0 aliphatic carbocycles. The van der Waals surface area contributed by atoms with Gasteiger partial charge in [-0.1, -0.05) is 30.3 Å². The molecule has 1 aliphatic heterocycles. The molecule has 13 heteroatoms. The number of hydrogen-bond donors (Lipinski definition) is 2. The predicted molar refractivity (Wildman–Crippen MR) is 169 cm³/mol. The Balaban J connectivity index is 1.50. The van der Waals surface area contributed by atoms with Gasteiger partial charge in [-0.3, -0.25) is 4.79 Å². The van der Waals surface area contributed by atoms with Crippen molar-refractivity contribution in [3.8, 4) is 23.0 Å². The monoisotopic (exact) mass is 680 g/mol. The van der Waals surface area contributed by atoms with E-state index in [1.54, 1.807) is 17.0 Å². The number of benzene rings is 3. The number of aliphatic hydroxyl groups is 1. The summed E-state index contributed by atoms with van der Waals surface area (Å²) in [7, 11) is 1.48. The van der Waals surface area contributed by atoms with Gasteiger partial charge in [0.15, 0.2) is 23.0 Å². The van der Waals surface area contributed by atoms with Crippen molar-refractivity contribution in [1.82, 2.24) is 14.9 Å². The van der Waals surface area contributed by atoms with E-state index in [1.165, 1.54) is 20.4 Å². The summed E-state index contributed by atoms with van der Waals surface area (Å²) >= 11 is 3.58. The van der Waals surface area contributed by atoms with Gasteiger partial charge in [-0.2, -0.15) is 0 Å². The minimum Gasteiger partial charge on any atom is -0.493 e. The topological polar surface area (TPSA) is 142 Å². The second-order valence-electron chi connectivity index (χ2n) is 10.2. The minimum atomic E-state index is -0.504. The largest absolute Gasteiger partial charge is 0.493 e. The number of anilines is 2. The highest BCUT2D eigenvalue weighted by Crippen LogP contribution is 2.48. The average molecular weight is 682 g/mol. The lowest BCUT2D eigenvalue weighted by Crippen LogP contribution is -2.32. The van der Waals surface area contributed by atoms with Gasteiger partial charge in [0.05, 0.1) is 29.3 Å². The first-order valence-electron chi connectivity index (χ1n) is 14.3. The van der Waals surface area contributed by atoms with Crippen LogP contribution in [0.5, 0.6) is 23.0 Å². The van der Waals surface area contributed by atoms with E-state index in [0.29, 0.717) is 69.1 Å². The van der Waals surface area contributed by atoms with Crippen molar-refractivity contribution in [3.05, 3.63) is 70.5 Å². The Morgan fingerprint density at radius 1 is 1.04 bits per heavy atom. The lowest BCUT2D eigenvalue weighted by Gasteiger charge is -2.25. The molecular formula is C32H33BrN4O8. The predicted octanol–water partition coefficient (Wildman–Crippen LogP) is 6.10. The van der Waals surface area contributed by atoms with E-state index < -0.39 is 12.1 Å². The highest BCUT2D eigenvalue weighted by Gasteiger charge is 2.28. The fourth-order valence-electron chi connectivity index (χ4n) is 4.86. The number of amides is 1. The smallest absolute Gasteiger partial charge is 0.410 e. The first kappa shape index (κ1) is 31.8. The maximum atomic E-state index is 13.4. The Kier molecular flexibility index (Phi) is 10.5. The minimum absolute atomic E-state index is 0.00831. The molecule has 0 saturated carbocycles. The number of nitrogens with one attached hydrogen (secondary N) is 1. The Labute approximate surface area is 268 Å². The van der Waals surface area contributed by atoms with Crippen molar-refractivity contribution >= 4 is 50.4 Å². The van der Waals surface area contributed by atoms with Gasteiger partial charge < -0.3 is 39.0 Å². The second kappa shape index (κ2) is 14.9. The highest BCUT2D eigenvalue weighted by molar-refractivity contribution is 9.10. The molecular weight excluding hydrogens is 648 g/mol. The summed E-state index contributed by atoms with van der Waals surface area (Å²) < 4.78 is 28.8. The maximum absolute atomic E-state index is 13.4. The molecule has 0 radical (unpaired) electrons. The van der Waals surface area contributed by atoms with E-state index in [0.717, 1.165) is 12.0 Å². The number of nitrogens with zero attached hydrogens (tertiary/aromatic N) is 3. The summed E-state index contributed by atoms with van der Waals surface area (Å²) in [5, 5.41) is 13.2. The molecule has 1 aliphatic rings. The number of rotatable bonds is 13. The molecule has 0 spiro atoms. The summed E-state index contributed by atoms with van der Waals surface area (Å²) in [6.07, 6.45) is 2.98. The third-order valence-electron chi connectivity index (χ3n) is 7.01.